The maximum absolute atomic E-state index is 12.6. The lowest BCUT2D eigenvalue weighted by Gasteiger charge is -2.30. The Morgan fingerprint density at radius 2 is 2.03 bits per heavy atom. The topological polar surface area (TPSA) is 60.0 Å². The van der Waals surface area contributed by atoms with Gasteiger partial charge in [0.15, 0.2) is 5.96 Å². The van der Waals surface area contributed by atoms with Crippen molar-refractivity contribution in [2.75, 3.05) is 32.7 Å². The molecule has 2 N–H and O–H groups in total. The van der Waals surface area contributed by atoms with E-state index in [0.29, 0.717) is 25.0 Å². The van der Waals surface area contributed by atoms with Crippen molar-refractivity contribution in [3.05, 3.63) is 21.9 Å². The second-order valence-corrected chi connectivity index (χ2v) is 9.15. The molecule has 164 valence electrons. The predicted molar refractivity (Wildman–Crippen MR) is 124 cm³/mol. The van der Waals surface area contributed by atoms with Crippen molar-refractivity contribution in [1.82, 2.24) is 20.4 Å². The summed E-state index contributed by atoms with van der Waals surface area (Å²) >= 11 is 1.80. The van der Waals surface area contributed by atoms with Crippen LogP contribution in [-0.2, 0) is 17.8 Å². The minimum atomic E-state index is 0.217. The molecular formula is C22H39N5OS. The van der Waals surface area contributed by atoms with Gasteiger partial charge in [-0.3, -0.25) is 14.7 Å². The van der Waals surface area contributed by atoms with E-state index < -0.39 is 0 Å². The molecule has 0 saturated heterocycles. The Labute approximate surface area is 180 Å². The molecule has 0 aliphatic carbocycles. The molecule has 0 bridgehead atoms. The average Bonchev–Trinajstić information content (AvgIpc) is 3.14. The summed E-state index contributed by atoms with van der Waals surface area (Å²) in [6.07, 6.45) is 2.51. The first-order valence-electron chi connectivity index (χ1n) is 11.0. The maximum Gasteiger partial charge on any atom is 0.224 e. The Balaban J connectivity index is 1.72. The van der Waals surface area contributed by atoms with E-state index in [0.717, 1.165) is 51.5 Å². The largest absolute Gasteiger partial charge is 0.357 e. The van der Waals surface area contributed by atoms with E-state index >= 15 is 0 Å². The monoisotopic (exact) mass is 421 g/mol. The highest BCUT2D eigenvalue weighted by molar-refractivity contribution is 7.10. The van der Waals surface area contributed by atoms with E-state index in [1.165, 1.54) is 10.4 Å². The molecule has 2 heterocycles. The van der Waals surface area contributed by atoms with Gasteiger partial charge in [-0.1, -0.05) is 0 Å². The fraction of sp³-hybridized carbons (Fsp3) is 0.727. The minimum absolute atomic E-state index is 0.217. The number of amides is 1. The normalized spacial score (nSPS) is 14.6. The first kappa shape index (κ1) is 23.7. The Kier molecular flexibility index (Phi) is 9.94. The summed E-state index contributed by atoms with van der Waals surface area (Å²) in [5, 5.41) is 8.73. The molecule has 0 radical (unpaired) electrons. The number of fused-ring (bicyclic) bond motifs is 1. The molecule has 0 atom stereocenters. The van der Waals surface area contributed by atoms with Gasteiger partial charge in [-0.05, 0) is 64.5 Å². The van der Waals surface area contributed by atoms with E-state index in [1.807, 2.05) is 4.90 Å². The van der Waals surface area contributed by atoms with Gasteiger partial charge in [0, 0.05) is 62.7 Å². The van der Waals surface area contributed by atoms with Crippen LogP contribution in [-0.4, -0.2) is 66.5 Å². The van der Waals surface area contributed by atoms with E-state index in [1.54, 1.807) is 11.3 Å². The fourth-order valence-electron chi connectivity index (χ4n) is 3.81. The molecule has 0 saturated carbocycles. The Bertz CT molecular complexity index is 647. The molecule has 0 unspecified atom stereocenters. The quantitative estimate of drug-likeness (QED) is 0.346. The maximum atomic E-state index is 12.6. The van der Waals surface area contributed by atoms with Crippen LogP contribution in [0.15, 0.2) is 16.4 Å². The number of nitrogens with zero attached hydrogens (tertiary/aromatic N) is 3. The van der Waals surface area contributed by atoms with Gasteiger partial charge in [-0.15, -0.1) is 11.3 Å². The number of nitrogens with one attached hydrogen (secondary N) is 2. The van der Waals surface area contributed by atoms with Gasteiger partial charge in [0.05, 0.1) is 0 Å². The summed E-state index contributed by atoms with van der Waals surface area (Å²) < 4.78 is 0. The summed E-state index contributed by atoms with van der Waals surface area (Å²) in [5.74, 6) is 1.02. The molecule has 0 spiro atoms. The van der Waals surface area contributed by atoms with Crippen molar-refractivity contribution < 1.29 is 4.79 Å². The predicted octanol–water partition coefficient (Wildman–Crippen LogP) is 3.09. The molecule has 2 rings (SSSR count). The lowest BCUT2D eigenvalue weighted by atomic mass is 10.1. The van der Waals surface area contributed by atoms with Gasteiger partial charge < -0.3 is 15.5 Å². The highest BCUT2D eigenvalue weighted by Gasteiger charge is 2.21. The molecule has 0 fully saturated rings. The SMILES string of the molecule is CCNC(=NCCCN(C(C)C)C(C)C)NCCC(=O)N1CCc2sccc2C1. The van der Waals surface area contributed by atoms with Crippen LogP contribution in [0.5, 0.6) is 0 Å². The number of thiophene rings is 1. The number of rotatable bonds is 10. The molecule has 1 amide bonds. The van der Waals surface area contributed by atoms with Crippen molar-refractivity contribution >= 4 is 23.2 Å². The summed E-state index contributed by atoms with van der Waals surface area (Å²) in [7, 11) is 0. The second kappa shape index (κ2) is 12.2. The van der Waals surface area contributed by atoms with Crippen LogP contribution < -0.4 is 10.6 Å². The number of carbonyl (C=O) groups is 1. The van der Waals surface area contributed by atoms with Gasteiger partial charge in [0.25, 0.3) is 0 Å². The van der Waals surface area contributed by atoms with Gasteiger partial charge >= 0.3 is 0 Å². The van der Waals surface area contributed by atoms with Gasteiger partial charge in [-0.25, -0.2) is 0 Å². The van der Waals surface area contributed by atoms with Crippen molar-refractivity contribution in [3.8, 4) is 0 Å². The molecule has 1 aromatic rings. The number of guanidine groups is 1. The van der Waals surface area contributed by atoms with Gasteiger partial charge in [0.1, 0.15) is 0 Å². The van der Waals surface area contributed by atoms with E-state index in [9.17, 15) is 4.79 Å². The van der Waals surface area contributed by atoms with Gasteiger partial charge in [-0.2, -0.15) is 0 Å². The van der Waals surface area contributed by atoms with E-state index in [2.05, 4.69) is 66.6 Å². The van der Waals surface area contributed by atoms with Crippen LogP contribution >= 0.6 is 11.3 Å². The fourth-order valence-corrected chi connectivity index (χ4v) is 4.70. The van der Waals surface area contributed by atoms with Crippen LogP contribution in [0.1, 0.15) is 57.9 Å². The third-order valence-electron chi connectivity index (χ3n) is 5.31. The average molecular weight is 422 g/mol. The number of carbonyl (C=O) groups excluding carboxylic acids is 1. The first-order chi connectivity index (χ1) is 13.9. The van der Waals surface area contributed by atoms with E-state index in [4.69, 9.17) is 0 Å². The second-order valence-electron chi connectivity index (χ2n) is 8.15. The van der Waals surface area contributed by atoms with Crippen molar-refractivity contribution in [1.29, 1.82) is 0 Å². The first-order valence-corrected chi connectivity index (χ1v) is 11.9. The molecule has 29 heavy (non-hydrogen) atoms. The Morgan fingerprint density at radius 1 is 1.28 bits per heavy atom. The van der Waals surface area contributed by atoms with Gasteiger partial charge in [0.2, 0.25) is 5.91 Å². The summed E-state index contributed by atoms with van der Waals surface area (Å²) in [6, 6.07) is 3.25. The smallest absolute Gasteiger partial charge is 0.224 e. The number of aliphatic imine (C=N–C) groups is 1. The zero-order chi connectivity index (χ0) is 21.2. The zero-order valence-corrected chi connectivity index (χ0v) is 19.6. The summed E-state index contributed by atoms with van der Waals surface area (Å²) in [5.41, 5.74) is 1.31. The van der Waals surface area contributed by atoms with Crippen molar-refractivity contribution in [3.63, 3.8) is 0 Å². The zero-order valence-electron chi connectivity index (χ0n) is 18.8. The number of hydrogen-bond donors (Lipinski definition) is 2. The molecule has 1 aliphatic rings. The van der Waals surface area contributed by atoms with Crippen molar-refractivity contribution in [2.45, 2.75) is 72.5 Å². The van der Waals surface area contributed by atoms with Crippen LogP contribution in [0.4, 0.5) is 0 Å². The molecule has 6 nitrogen and oxygen atoms in total. The van der Waals surface area contributed by atoms with Crippen LogP contribution in [0.2, 0.25) is 0 Å². The lowest BCUT2D eigenvalue weighted by Crippen LogP contribution is -2.41. The third-order valence-corrected chi connectivity index (χ3v) is 6.33. The van der Waals surface area contributed by atoms with Crippen molar-refractivity contribution in [2.24, 2.45) is 4.99 Å². The van der Waals surface area contributed by atoms with Crippen LogP contribution in [0.3, 0.4) is 0 Å². The summed E-state index contributed by atoms with van der Waals surface area (Å²) in [6.45, 7) is 15.9. The minimum Gasteiger partial charge on any atom is -0.357 e. The molecule has 1 aromatic heterocycles. The van der Waals surface area contributed by atoms with Crippen LogP contribution in [0, 0.1) is 0 Å². The molecule has 7 heteroatoms. The molecular weight excluding hydrogens is 382 g/mol. The highest BCUT2D eigenvalue weighted by Crippen LogP contribution is 2.24. The number of hydrogen-bond acceptors (Lipinski definition) is 4. The summed E-state index contributed by atoms with van der Waals surface area (Å²) in [4.78, 5) is 23.1. The molecule has 1 aliphatic heterocycles. The lowest BCUT2D eigenvalue weighted by molar-refractivity contribution is -0.131. The Morgan fingerprint density at radius 3 is 2.72 bits per heavy atom. The highest BCUT2D eigenvalue weighted by atomic mass is 32.1. The third kappa shape index (κ3) is 7.63. The van der Waals surface area contributed by atoms with E-state index in [-0.39, 0.29) is 5.91 Å². The standard InChI is InChI=1S/C22H39N5OS/c1-6-23-22(24-11-7-13-27(17(2)3)18(4)5)25-12-8-21(28)26-14-9-20-19(16-26)10-15-29-20/h10,15,17-18H,6-9,11-14,16H2,1-5H3,(H2,23,24,25). The van der Waals surface area contributed by atoms with Crippen LogP contribution in [0.25, 0.3) is 0 Å². The Hall–Kier alpha value is -1.60. The molecule has 0 aromatic carbocycles.